The number of carbonyl (C=O) groups is 1. The topological polar surface area (TPSA) is 116 Å². The largest absolute Gasteiger partial charge is 0.435 e. The second-order valence-corrected chi connectivity index (χ2v) is 6.64. The van der Waals surface area contributed by atoms with Crippen molar-refractivity contribution < 1.29 is 26.7 Å². The number of rotatable bonds is 7. The van der Waals surface area contributed by atoms with E-state index in [1.807, 2.05) is 6.92 Å². The molecule has 0 unspecified atom stereocenters. The fraction of sp³-hybridized carbons (Fsp3) is 0.200. The highest BCUT2D eigenvalue weighted by molar-refractivity contribution is 7.90. The highest BCUT2D eigenvalue weighted by Gasteiger charge is 2.18. The number of carbonyl (C=O) groups excluding carboxylic acids is 1. The van der Waals surface area contributed by atoms with Crippen molar-refractivity contribution in [1.82, 2.24) is 14.5 Å². The number of alkyl halides is 2. The number of sulfonamides is 1. The van der Waals surface area contributed by atoms with Crippen molar-refractivity contribution in [1.29, 1.82) is 0 Å². The van der Waals surface area contributed by atoms with E-state index in [0.717, 1.165) is 18.2 Å². The average Bonchev–Trinajstić information content (AvgIpc) is 2.92. The molecule has 140 valence electrons. The molecular weight excluding hydrogens is 370 g/mol. The fourth-order valence-electron chi connectivity index (χ4n) is 2.04. The van der Waals surface area contributed by atoms with E-state index in [0.29, 0.717) is 17.9 Å². The number of aromatic nitrogens is 2. The van der Waals surface area contributed by atoms with Crippen LogP contribution >= 0.6 is 0 Å². The Kier molecular flexibility index (Phi) is 5.93. The first kappa shape index (κ1) is 19.4. The summed E-state index contributed by atoms with van der Waals surface area (Å²) in [7, 11) is -4.26. The van der Waals surface area contributed by atoms with E-state index in [9.17, 15) is 22.0 Å². The summed E-state index contributed by atoms with van der Waals surface area (Å²) in [6, 6.07) is 4.41. The van der Waals surface area contributed by atoms with Crippen molar-refractivity contribution in [2.45, 2.75) is 25.0 Å². The van der Waals surface area contributed by atoms with Gasteiger partial charge >= 0.3 is 6.61 Å². The Hall–Kier alpha value is -2.95. The van der Waals surface area contributed by atoms with Crippen LogP contribution in [0.1, 0.15) is 12.6 Å². The van der Waals surface area contributed by atoms with Gasteiger partial charge in [0.2, 0.25) is 0 Å². The van der Waals surface area contributed by atoms with Gasteiger partial charge in [-0.05, 0) is 25.1 Å². The smallest absolute Gasteiger partial charge is 0.387 e. The molecular formula is C15H16F2N4O4S. The van der Waals surface area contributed by atoms with Gasteiger partial charge in [-0.1, -0.05) is 6.07 Å². The first-order chi connectivity index (χ1) is 12.2. The lowest BCUT2D eigenvalue weighted by Crippen LogP contribution is -2.29. The van der Waals surface area contributed by atoms with Crippen LogP contribution in [-0.2, 0) is 21.4 Å². The van der Waals surface area contributed by atoms with E-state index >= 15 is 0 Å². The Balaban J connectivity index is 2.15. The van der Waals surface area contributed by atoms with Crippen LogP contribution in [0.15, 0.2) is 41.4 Å². The number of anilines is 1. The quantitative estimate of drug-likeness (QED) is 0.699. The van der Waals surface area contributed by atoms with Crippen molar-refractivity contribution in [3.63, 3.8) is 0 Å². The Morgan fingerprint density at radius 3 is 2.85 bits per heavy atom. The third kappa shape index (κ3) is 4.79. The Morgan fingerprint density at radius 2 is 2.19 bits per heavy atom. The molecule has 2 aromatic rings. The third-order valence-electron chi connectivity index (χ3n) is 3.18. The van der Waals surface area contributed by atoms with Gasteiger partial charge in [0.1, 0.15) is 5.75 Å². The lowest BCUT2D eigenvalue weighted by Gasteiger charge is -2.08. The lowest BCUT2D eigenvalue weighted by atomic mass is 10.3. The SMILES string of the molecule is CCn1ncc(N)c1/C=C/C(=O)NS(=O)(=O)c1cccc(OC(F)F)c1. The molecule has 0 saturated heterocycles. The molecule has 3 N–H and O–H groups in total. The number of benzene rings is 1. The van der Waals surface area contributed by atoms with E-state index in [1.54, 1.807) is 4.72 Å². The number of aryl methyl sites for hydroxylation is 1. The maximum atomic E-state index is 12.2. The highest BCUT2D eigenvalue weighted by atomic mass is 32.2. The molecule has 1 heterocycles. The van der Waals surface area contributed by atoms with E-state index in [4.69, 9.17) is 5.73 Å². The van der Waals surface area contributed by atoms with Crippen LogP contribution in [0.2, 0.25) is 0 Å². The Bertz CT molecular complexity index is 925. The normalized spacial score (nSPS) is 11.8. The molecule has 26 heavy (non-hydrogen) atoms. The van der Waals surface area contributed by atoms with Crippen LogP contribution < -0.4 is 15.2 Å². The van der Waals surface area contributed by atoms with E-state index in [-0.39, 0.29) is 5.75 Å². The number of hydrogen-bond donors (Lipinski definition) is 2. The van der Waals surface area contributed by atoms with Gasteiger partial charge in [-0.3, -0.25) is 9.48 Å². The molecule has 0 bridgehead atoms. The van der Waals surface area contributed by atoms with Crippen LogP contribution in [0, 0.1) is 0 Å². The van der Waals surface area contributed by atoms with Crippen LogP contribution in [0.25, 0.3) is 6.08 Å². The summed E-state index contributed by atoms with van der Waals surface area (Å²) in [5.74, 6) is -1.28. The number of amides is 1. The molecule has 1 amide bonds. The summed E-state index contributed by atoms with van der Waals surface area (Å²) in [4.78, 5) is 11.5. The molecule has 0 radical (unpaired) electrons. The van der Waals surface area contributed by atoms with Crippen molar-refractivity contribution in [3.05, 3.63) is 42.2 Å². The minimum atomic E-state index is -4.26. The van der Waals surface area contributed by atoms with E-state index in [2.05, 4.69) is 9.84 Å². The maximum Gasteiger partial charge on any atom is 0.387 e. The van der Waals surface area contributed by atoms with Crippen LogP contribution in [0.4, 0.5) is 14.5 Å². The molecule has 2 rings (SSSR count). The molecule has 0 fully saturated rings. The monoisotopic (exact) mass is 386 g/mol. The second kappa shape index (κ2) is 7.95. The molecule has 0 atom stereocenters. The summed E-state index contributed by atoms with van der Waals surface area (Å²) in [5, 5.41) is 3.98. The maximum absolute atomic E-state index is 12.2. The first-order valence-corrected chi connectivity index (χ1v) is 8.82. The van der Waals surface area contributed by atoms with Gasteiger partial charge < -0.3 is 10.5 Å². The zero-order valence-corrected chi connectivity index (χ0v) is 14.4. The molecule has 0 spiro atoms. The molecule has 0 aliphatic rings. The average molecular weight is 386 g/mol. The molecule has 0 saturated carbocycles. The van der Waals surface area contributed by atoms with Gasteiger partial charge in [0.15, 0.2) is 0 Å². The standard InChI is InChI=1S/C15H16F2N4O4S/c1-2-21-13(12(18)9-19-21)6-7-14(22)20-26(23,24)11-5-3-4-10(8-11)25-15(16)17/h3-9,15H,2,18H2,1H3,(H,20,22)/b7-6+. The molecule has 1 aromatic carbocycles. The second-order valence-electron chi connectivity index (χ2n) is 4.96. The van der Waals surface area contributed by atoms with E-state index in [1.165, 1.54) is 29.1 Å². The zero-order valence-electron chi connectivity index (χ0n) is 13.6. The van der Waals surface area contributed by atoms with Gasteiger partial charge in [0, 0.05) is 18.7 Å². The first-order valence-electron chi connectivity index (χ1n) is 7.34. The lowest BCUT2D eigenvalue weighted by molar-refractivity contribution is -0.114. The number of nitrogens with two attached hydrogens (primary N) is 1. The summed E-state index contributed by atoms with van der Waals surface area (Å²) in [6.07, 6.45) is 3.72. The number of nitrogen functional groups attached to an aromatic ring is 1. The van der Waals surface area contributed by atoms with Crippen molar-refractivity contribution in [2.75, 3.05) is 5.73 Å². The number of nitrogens with one attached hydrogen (secondary N) is 1. The van der Waals surface area contributed by atoms with E-state index < -0.39 is 27.4 Å². The number of halogens is 2. The number of hydrogen-bond acceptors (Lipinski definition) is 6. The predicted molar refractivity (Wildman–Crippen MR) is 89.7 cm³/mol. The summed E-state index contributed by atoms with van der Waals surface area (Å²) >= 11 is 0. The van der Waals surface area contributed by atoms with Gasteiger partial charge in [0.05, 0.1) is 22.5 Å². The van der Waals surface area contributed by atoms with Gasteiger partial charge in [-0.15, -0.1) is 0 Å². The third-order valence-corrected chi connectivity index (χ3v) is 4.52. The van der Waals surface area contributed by atoms with Crippen LogP contribution in [0.5, 0.6) is 5.75 Å². The molecule has 8 nitrogen and oxygen atoms in total. The summed E-state index contributed by atoms with van der Waals surface area (Å²) in [6.45, 7) is -0.768. The number of ether oxygens (including phenoxy) is 1. The van der Waals surface area contributed by atoms with Gasteiger partial charge in [0.25, 0.3) is 15.9 Å². The zero-order chi connectivity index (χ0) is 19.3. The minimum absolute atomic E-state index is 0.329. The van der Waals surface area contributed by atoms with Gasteiger partial charge in [-0.25, -0.2) is 13.1 Å². The summed E-state index contributed by atoms with van der Waals surface area (Å²) in [5.41, 5.74) is 6.50. The number of nitrogens with zero attached hydrogens (tertiary/aromatic N) is 2. The van der Waals surface area contributed by atoms with Gasteiger partial charge in [-0.2, -0.15) is 13.9 Å². The predicted octanol–water partition coefficient (Wildman–Crippen LogP) is 1.60. The van der Waals surface area contributed by atoms with Crippen molar-refractivity contribution >= 4 is 27.7 Å². The minimum Gasteiger partial charge on any atom is -0.435 e. The molecule has 1 aromatic heterocycles. The molecule has 11 heteroatoms. The molecule has 0 aliphatic heterocycles. The van der Waals surface area contributed by atoms with Crippen molar-refractivity contribution in [3.8, 4) is 5.75 Å². The fourth-order valence-corrected chi connectivity index (χ4v) is 3.02. The van der Waals surface area contributed by atoms with Crippen LogP contribution in [-0.4, -0.2) is 30.7 Å². The van der Waals surface area contributed by atoms with Crippen LogP contribution in [0.3, 0.4) is 0 Å². The highest BCUT2D eigenvalue weighted by Crippen LogP contribution is 2.19. The van der Waals surface area contributed by atoms with Crippen molar-refractivity contribution in [2.24, 2.45) is 0 Å². The Labute approximate surface area is 148 Å². The summed E-state index contributed by atoms with van der Waals surface area (Å²) < 4.78 is 56.3. The molecule has 0 aliphatic carbocycles. The Morgan fingerprint density at radius 1 is 1.46 bits per heavy atom.